The summed E-state index contributed by atoms with van der Waals surface area (Å²) in [6.45, 7) is 3.65. The molecule has 1 atom stereocenters. The lowest BCUT2D eigenvalue weighted by atomic mass is 10.0. The number of hydrogen-bond acceptors (Lipinski definition) is 4. The molecule has 1 rings (SSSR count). The molecule has 1 heterocycles. The third-order valence-electron chi connectivity index (χ3n) is 4.36. The summed E-state index contributed by atoms with van der Waals surface area (Å²) >= 11 is 0. The van der Waals surface area contributed by atoms with Gasteiger partial charge in [-0.3, -0.25) is 4.79 Å². The zero-order chi connectivity index (χ0) is 18.5. The van der Waals surface area contributed by atoms with Gasteiger partial charge in [0.25, 0.3) is 0 Å². The molecule has 0 saturated heterocycles. The van der Waals surface area contributed by atoms with E-state index in [9.17, 15) is 9.59 Å². The van der Waals surface area contributed by atoms with Crippen LogP contribution in [0, 0.1) is 0 Å². The molecule has 0 spiro atoms. The number of carbonyl (C=O) groups excluding carboxylic acids is 2. The van der Waals surface area contributed by atoms with Crippen LogP contribution in [-0.2, 0) is 14.3 Å². The molecule has 1 aromatic heterocycles. The third kappa shape index (κ3) is 8.75. The van der Waals surface area contributed by atoms with Gasteiger partial charge >= 0.3 is 11.9 Å². The van der Waals surface area contributed by atoms with Crippen LogP contribution < -0.4 is 0 Å². The summed E-state index contributed by atoms with van der Waals surface area (Å²) in [5.41, 5.74) is 1.19. The second-order valence-corrected chi connectivity index (χ2v) is 6.55. The maximum Gasteiger partial charge on any atom is 0.354 e. The van der Waals surface area contributed by atoms with E-state index < -0.39 is 5.97 Å². The Bertz CT molecular complexity index is 510. The number of aromatic nitrogens is 1. The fourth-order valence-electron chi connectivity index (χ4n) is 2.96. The number of hydrogen-bond donors (Lipinski definition) is 1. The van der Waals surface area contributed by atoms with E-state index >= 15 is 0 Å². The highest BCUT2D eigenvalue weighted by Crippen LogP contribution is 2.25. The van der Waals surface area contributed by atoms with Crippen LogP contribution in [0.3, 0.4) is 0 Å². The van der Waals surface area contributed by atoms with Gasteiger partial charge in [0.1, 0.15) is 11.8 Å². The first-order chi connectivity index (χ1) is 12.1. The molecule has 0 aliphatic carbocycles. The highest BCUT2D eigenvalue weighted by Gasteiger charge is 2.18. The number of esters is 2. The summed E-state index contributed by atoms with van der Waals surface area (Å²) in [6.07, 6.45) is 13.4. The number of ether oxygens (including phenoxy) is 2. The van der Waals surface area contributed by atoms with Gasteiger partial charge in [0.05, 0.1) is 7.11 Å². The van der Waals surface area contributed by atoms with E-state index in [1.807, 2.05) is 0 Å². The zero-order valence-corrected chi connectivity index (χ0v) is 15.9. The van der Waals surface area contributed by atoms with Crippen molar-refractivity contribution in [3.05, 3.63) is 23.5 Å². The molecule has 0 radical (unpaired) electrons. The quantitative estimate of drug-likeness (QED) is 0.385. The first kappa shape index (κ1) is 21.3. The maximum atomic E-state index is 11.5. The van der Waals surface area contributed by atoms with Crippen LogP contribution in [0.1, 0.15) is 100 Å². The van der Waals surface area contributed by atoms with Gasteiger partial charge in [-0.1, -0.05) is 58.3 Å². The Hall–Kier alpha value is -1.78. The molecule has 0 saturated carbocycles. The average Bonchev–Trinajstić information content (AvgIpc) is 3.08. The smallest absolute Gasteiger partial charge is 0.354 e. The second kappa shape index (κ2) is 12.6. The van der Waals surface area contributed by atoms with Crippen LogP contribution in [0.4, 0.5) is 0 Å². The number of H-pyrrole nitrogens is 1. The second-order valence-electron chi connectivity index (χ2n) is 6.55. The Morgan fingerprint density at radius 3 is 2.20 bits per heavy atom. The molecule has 0 amide bonds. The Morgan fingerprint density at radius 1 is 1.04 bits per heavy atom. The number of carbonyl (C=O) groups is 2. The van der Waals surface area contributed by atoms with E-state index in [1.54, 1.807) is 12.3 Å². The molecule has 1 N–H and O–H groups in total. The molecule has 1 unspecified atom stereocenters. The topological polar surface area (TPSA) is 68.4 Å². The van der Waals surface area contributed by atoms with E-state index in [2.05, 4.69) is 11.9 Å². The van der Waals surface area contributed by atoms with Crippen molar-refractivity contribution in [3.8, 4) is 0 Å². The van der Waals surface area contributed by atoms with Gasteiger partial charge in [0.15, 0.2) is 0 Å². The summed E-state index contributed by atoms with van der Waals surface area (Å²) in [5.74, 6) is -0.724. The van der Waals surface area contributed by atoms with Crippen molar-refractivity contribution in [2.75, 3.05) is 7.11 Å². The van der Waals surface area contributed by atoms with Crippen molar-refractivity contribution in [2.24, 2.45) is 0 Å². The molecule has 25 heavy (non-hydrogen) atoms. The standard InChI is InChI=1S/C20H33NO4/c1-4-5-6-7-8-9-10-11-12-13-19(25-16(2)22)17-14-18(21-15-17)20(23)24-3/h14-15,19,21H,4-13H2,1-3H3. The van der Waals surface area contributed by atoms with Crippen LogP contribution in [0.2, 0.25) is 0 Å². The molecular weight excluding hydrogens is 318 g/mol. The van der Waals surface area contributed by atoms with E-state index in [0.29, 0.717) is 5.69 Å². The summed E-state index contributed by atoms with van der Waals surface area (Å²) in [4.78, 5) is 25.8. The van der Waals surface area contributed by atoms with Crippen LogP contribution in [0.25, 0.3) is 0 Å². The van der Waals surface area contributed by atoms with Crippen molar-refractivity contribution in [1.82, 2.24) is 4.98 Å². The summed E-state index contributed by atoms with van der Waals surface area (Å²) in [7, 11) is 1.34. The third-order valence-corrected chi connectivity index (χ3v) is 4.36. The molecule has 0 aromatic carbocycles. The van der Waals surface area contributed by atoms with E-state index in [4.69, 9.17) is 9.47 Å². The molecular formula is C20H33NO4. The summed E-state index contributed by atoms with van der Waals surface area (Å²) < 4.78 is 10.1. The predicted octanol–water partition coefficient (Wildman–Crippen LogP) is 5.33. The Labute approximate surface area is 151 Å². The number of aromatic amines is 1. The van der Waals surface area contributed by atoms with E-state index in [-0.39, 0.29) is 12.1 Å². The average molecular weight is 351 g/mol. The number of unbranched alkanes of at least 4 members (excludes halogenated alkanes) is 8. The molecule has 0 fully saturated rings. The van der Waals surface area contributed by atoms with Gasteiger partial charge in [0, 0.05) is 18.7 Å². The normalized spacial score (nSPS) is 12.0. The molecule has 5 heteroatoms. The molecule has 142 valence electrons. The van der Waals surface area contributed by atoms with E-state index in [1.165, 1.54) is 59.0 Å². The minimum atomic E-state index is -0.420. The van der Waals surface area contributed by atoms with Crippen molar-refractivity contribution < 1.29 is 19.1 Å². The van der Waals surface area contributed by atoms with Gasteiger partial charge in [-0.05, 0) is 18.9 Å². The SMILES string of the molecule is CCCCCCCCCCCC(OC(C)=O)c1c[nH]c(C(=O)OC)c1. The predicted molar refractivity (Wildman–Crippen MR) is 98.5 cm³/mol. The van der Waals surface area contributed by atoms with Gasteiger partial charge in [0.2, 0.25) is 0 Å². The van der Waals surface area contributed by atoms with E-state index in [0.717, 1.165) is 24.8 Å². The molecule has 0 aliphatic heterocycles. The highest BCUT2D eigenvalue weighted by atomic mass is 16.5. The van der Waals surface area contributed by atoms with Gasteiger partial charge in [-0.25, -0.2) is 4.79 Å². The van der Waals surface area contributed by atoms with Gasteiger partial charge in [-0.2, -0.15) is 0 Å². The molecule has 0 bridgehead atoms. The fourth-order valence-corrected chi connectivity index (χ4v) is 2.96. The van der Waals surface area contributed by atoms with Crippen molar-refractivity contribution in [3.63, 3.8) is 0 Å². The lowest BCUT2D eigenvalue weighted by Gasteiger charge is -2.15. The first-order valence-corrected chi connectivity index (χ1v) is 9.52. The summed E-state index contributed by atoms with van der Waals surface area (Å²) in [6, 6.07) is 1.70. The first-order valence-electron chi connectivity index (χ1n) is 9.52. The Kier molecular flexibility index (Phi) is 10.7. The maximum absolute atomic E-state index is 11.5. The molecule has 0 aliphatic rings. The lowest BCUT2D eigenvalue weighted by molar-refractivity contribution is -0.147. The minimum absolute atomic E-state index is 0.304. The van der Waals surface area contributed by atoms with Crippen molar-refractivity contribution >= 4 is 11.9 Å². The monoisotopic (exact) mass is 351 g/mol. The van der Waals surface area contributed by atoms with Crippen molar-refractivity contribution in [2.45, 2.75) is 84.2 Å². The minimum Gasteiger partial charge on any atom is -0.464 e. The number of nitrogens with one attached hydrogen (secondary N) is 1. The zero-order valence-electron chi connectivity index (χ0n) is 15.9. The lowest BCUT2D eigenvalue weighted by Crippen LogP contribution is -2.08. The van der Waals surface area contributed by atoms with Crippen LogP contribution in [0.5, 0.6) is 0 Å². The Balaban J connectivity index is 2.35. The fraction of sp³-hybridized carbons (Fsp3) is 0.700. The molecule has 5 nitrogen and oxygen atoms in total. The van der Waals surface area contributed by atoms with Crippen molar-refractivity contribution in [1.29, 1.82) is 0 Å². The van der Waals surface area contributed by atoms with Gasteiger partial charge in [-0.15, -0.1) is 0 Å². The number of methoxy groups -OCH3 is 1. The largest absolute Gasteiger partial charge is 0.464 e. The van der Waals surface area contributed by atoms with Crippen LogP contribution in [-0.4, -0.2) is 24.0 Å². The highest BCUT2D eigenvalue weighted by molar-refractivity contribution is 5.87. The van der Waals surface area contributed by atoms with Crippen LogP contribution >= 0.6 is 0 Å². The summed E-state index contributed by atoms with van der Waals surface area (Å²) in [5, 5.41) is 0. The molecule has 1 aromatic rings. The van der Waals surface area contributed by atoms with Crippen LogP contribution in [0.15, 0.2) is 12.3 Å². The number of rotatable bonds is 13. The Morgan fingerprint density at radius 2 is 1.64 bits per heavy atom. The van der Waals surface area contributed by atoms with Gasteiger partial charge < -0.3 is 14.5 Å².